The number of hydrogen-bond donors (Lipinski definition) is 0. The molecule has 0 aliphatic carbocycles. The standard InChI is InChI=1S/2C4H8O.Ca/c2*1-2-4-5-3-1;/h2*1-4H2;. The van der Waals surface area contributed by atoms with E-state index in [-0.39, 0.29) is 37.7 Å². The third-order valence-electron chi connectivity index (χ3n) is 1.65. The van der Waals surface area contributed by atoms with E-state index in [4.69, 9.17) is 9.47 Å². The van der Waals surface area contributed by atoms with Gasteiger partial charge in [0, 0.05) is 64.2 Å². The molecular weight excluding hydrogens is 168 g/mol. The molecule has 2 radical (unpaired) electrons. The molecule has 2 saturated heterocycles. The zero-order valence-electron chi connectivity index (χ0n) is 7.18. The normalized spacial score (nSPS) is 21.8. The molecule has 62 valence electrons. The average Bonchev–Trinajstić information content (AvgIpc) is 2.67. The van der Waals surface area contributed by atoms with Gasteiger partial charge in [0.25, 0.3) is 0 Å². The molecule has 0 aromatic carbocycles. The van der Waals surface area contributed by atoms with Crippen LogP contribution >= 0.6 is 0 Å². The van der Waals surface area contributed by atoms with E-state index in [1.54, 1.807) is 0 Å². The van der Waals surface area contributed by atoms with E-state index in [9.17, 15) is 0 Å². The van der Waals surface area contributed by atoms with Crippen LogP contribution in [0.2, 0.25) is 0 Å². The molecule has 2 rings (SSSR count). The SMILES string of the molecule is C1CCOC1.C1CCOC1.[Ca]. The topological polar surface area (TPSA) is 18.5 Å². The summed E-state index contributed by atoms with van der Waals surface area (Å²) in [5.74, 6) is 0. The molecule has 0 spiro atoms. The summed E-state index contributed by atoms with van der Waals surface area (Å²) in [5.41, 5.74) is 0. The van der Waals surface area contributed by atoms with Gasteiger partial charge in [-0.05, 0) is 25.7 Å². The molecule has 3 heteroatoms. The van der Waals surface area contributed by atoms with Crippen LogP contribution in [0.25, 0.3) is 0 Å². The van der Waals surface area contributed by atoms with Crippen LogP contribution in [0.5, 0.6) is 0 Å². The Bertz CT molecular complexity index is 45.3. The summed E-state index contributed by atoms with van der Waals surface area (Å²) in [7, 11) is 0. The second-order valence-electron chi connectivity index (χ2n) is 2.64. The van der Waals surface area contributed by atoms with Crippen molar-refractivity contribution in [2.24, 2.45) is 0 Å². The average molecular weight is 184 g/mol. The fourth-order valence-corrected chi connectivity index (χ4v) is 1.02. The first-order chi connectivity index (χ1) is 5.00. The van der Waals surface area contributed by atoms with Crippen LogP contribution in [0, 0.1) is 0 Å². The minimum Gasteiger partial charge on any atom is -0.381 e. The first-order valence-electron chi connectivity index (χ1n) is 4.15. The van der Waals surface area contributed by atoms with Gasteiger partial charge in [-0.2, -0.15) is 0 Å². The molecule has 2 nitrogen and oxygen atoms in total. The van der Waals surface area contributed by atoms with E-state index >= 15 is 0 Å². The summed E-state index contributed by atoms with van der Waals surface area (Å²) >= 11 is 0. The zero-order valence-corrected chi connectivity index (χ0v) is 9.39. The van der Waals surface area contributed by atoms with Crippen molar-refractivity contribution in [3.8, 4) is 0 Å². The number of ether oxygens (including phenoxy) is 2. The van der Waals surface area contributed by atoms with E-state index in [2.05, 4.69) is 0 Å². The van der Waals surface area contributed by atoms with E-state index in [0.29, 0.717) is 0 Å². The molecule has 0 aromatic rings. The summed E-state index contributed by atoms with van der Waals surface area (Å²) in [6, 6.07) is 0. The Morgan fingerprint density at radius 2 is 0.818 bits per heavy atom. The van der Waals surface area contributed by atoms with Gasteiger partial charge in [0.15, 0.2) is 0 Å². The molecule has 0 saturated carbocycles. The van der Waals surface area contributed by atoms with Gasteiger partial charge in [0.1, 0.15) is 0 Å². The van der Waals surface area contributed by atoms with Crippen molar-refractivity contribution in [1.29, 1.82) is 0 Å². The summed E-state index contributed by atoms with van der Waals surface area (Å²) in [4.78, 5) is 0. The molecular formula is C8H16CaO2. The van der Waals surface area contributed by atoms with E-state index < -0.39 is 0 Å². The van der Waals surface area contributed by atoms with E-state index in [0.717, 1.165) is 26.4 Å². The van der Waals surface area contributed by atoms with Crippen molar-refractivity contribution in [2.75, 3.05) is 26.4 Å². The van der Waals surface area contributed by atoms with Crippen molar-refractivity contribution in [3.05, 3.63) is 0 Å². The first-order valence-corrected chi connectivity index (χ1v) is 4.15. The largest absolute Gasteiger partial charge is 0.381 e. The maximum absolute atomic E-state index is 4.94. The van der Waals surface area contributed by atoms with Crippen LogP contribution in [0.3, 0.4) is 0 Å². The van der Waals surface area contributed by atoms with Crippen molar-refractivity contribution in [1.82, 2.24) is 0 Å². The van der Waals surface area contributed by atoms with Gasteiger partial charge in [-0.15, -0.1) is 0 Å². The van der Waals surface area contributed by atoms with Crippen molar-refractivity contribution in [2.45, 2.75) is 25.7 Å². The first kappa shape index (κ1) is 12.2. The van der Waals surface area contributed by atoms with Crippen molar-refractivity contribution >= 4 is 37.7 Å². The van der Waals surface area contributed by atoms with Crippen LogP contribution < -0.4 is 0 Å². The third-order valence-corrected chi connectivity index (χ3v) is 1.65. The number of hydrogen-bond acceptors (Lipinski definition) is 2. The summed E-state index contributed by atoms with van der Waals surface area (Å²) < 4.78 is 9.89. The molecule has 11 heavy (non-hydrogen) atoms. The maximum atomic E-state index is 4.94. The Morgan fingerprint density at radius 3 is 0.909 bits per heavy atom. The minimum atomic E-state index is 0. The van der Waals surface area contributed by atoms with Gasteiger partial charge < -0.3 is 9.47 Å². The Balaban J connectivity index is 0.000000167. The van der Waals surface area contributed by atoms with Gasteiger partial charge in [-0.25, -0.2) is 0 Å². The van der Waals surface area contributed by atoms with Gasteiger partial charge in [-0.3, -0.25) is 0 Å². The van der Waals surface area contributed by atoms with Crippen LogP contribution in [0.4, 0.5) is 0 Å². The Hall–Kier alpha value is 1.18. The molecule has 0 N–H and O–H groups in total. The fourth-order valence-electron chi connectivity index (χ4n) is 1.02. The van der Waals surface area contributed by atoms with Gasteiger partial charge in [-0.1, -0.05) is 0 Å². The quantitative estimate of drug-likeness (QED) is 0.527. The van der Waals surface area contributed by atoms with Gasteiger partial charge in [0.2, 0.25) is 0 Å². The summed E-state index contributed by atoms with van der Waals surface area (Å²) in [6.07, 6.45) is 5.11. The molecule has 2 heterocycles. The van der Waals surface area contributed by atoms with Gasteiger partial charge >= 0.3 is 0 Å². The number of rotatable bonds is 0. The molecule has 2 fully saturated rings. The fraction of sp³-hybridized carbons (Fsp3) is 1.00. The van der Waals surface area contributed by atoms with Crippen LogP contribution in [-0.4, -0.2) is 64.2 Å². The monoisotopic (exact) mass is 184 g/mol. The molecule has 0 unspecified atom stereocenters. The molecule has 0 bridgehead atoms. The predicted molar refractivity (Wildman–Crippen MR) is 45.9 cm³/mol. The van der Waals surface area contributed by atoms with Crippen molar-refractivity contribution in [3.63, 3.8) is 0 Å². The van der Waals surface area contributed by atoms with Gasteiger partial charge in [0.05, 0.1) is 0 Å². The van der Waals surface area contributed by atoms with Crippen LogP contribution in [0.15, 0.2) is 0 Å². The second-order valence-corrected chi connectivity index (χ2v) is 2.64. The zero-order chi connectivity index (χ0) is 7.07. The molecule has 0 aromatic heterocycles. The molecule has 2 aliphatic rings. The summed E-state index contributed by atoms with van der Waals surface area (Å²) in [6.45, 7) is 4.00. The minimum absolute atomic E-state index is 0. The van der Waals surface area contributed by atoms with Crippen LogP contribution in [0.1, 0.15) is 25.7 Å². The smallest absolute Gasteiger partial charge is 0.0466 e. The molecule has 0 amide bonds. The van der Waals surface area contributed by atoms with Crippen LogP contribution in [-0.2, 0) is 9.47 Å². The Morgan fingerprint density at radius 1 is 0.545 bits per heavy atom. The van der Waals surface area contributed by atoms with E-state index in [1.165, 1.54) is 25.7 Å². The predicted octanol–water partition coefficient (Wildman–Crippen LogP) is 1.21. The third kappa shape index (κ3) is 7.54. The Kier molecular flexibility index (Phi) is 10.3. The summed E-state index contributed by atoms with van der Waals surface area (Å²) in [5, 5.41) is 0. The van der Waals surface area contributed by atoms with E-state index in [1.807, 2.05) is 0 Å². The molecule has 0 atom stereocenters. The maximum Gasteiger partial charge on any atom is 0.0466 e. The Labute approximate surface area is 98.6 Å². The molecule has 2 aliphatic heterocycles. The van der Waals surface area contributed by atoms with Crippen molar-refractivity contribution < 1.29 is 9.47 Å². The second kappa shape index (κ2) is 9.27.